The van der Waals surface area contributed by atoms with E-state index in [4.69, 9.17) is 4.74 Å². The van der Waals surface area contributed by atoms with Crippen LogP contribution in [0.4, 0.5) is 13.2 Å². The Kier molecular flexibility index (Phi) is 8.11. The van der Waals surface area contributed by atoms with Crippen LogP contribution in [0, 0.1) is 23.4 Å². The quantitative estimate of drug-likeness (QED) is 0.652. The molecule has 0 radical (unpaired) electrons. The molecular formula is C22H29F3N2O2S. The molecule has 0 bridgehead atoms. The van der Waals surface area contributed by atoms with Crippen molar-refractivity contribution in [3.8, 4) is 5.75 Å². The van der Waals surface area contributed by atoms with E-state index in [9.17, 15) is 18.0 Å². The molecule has 4 nitrogen and oxygen atoms in total. The number of piperidine rings is 2. The predicted molar refractivity (Wildman–Crippen MR) is 113 cm³/mol. The second kappa shape index (κ2) is 10.6. The van der Waals surface area contributed by atoms with Crippen LogP contribution >= 0.6 is 11.8 Å². The van der Waals surface area contributed by atoms with Crippen molar-refractivity contribution in [2.45, 2.75) is 38.7 Å². The first-order valence-corrected chi connectivity index (χ1v) is 11.7. The number of likely N-dealkylation sites (tertiary alicyclic amines) is 2. The molecule has 2 heterocycles. The minimum Gasteiger partial charge on any atom is -0.484 e. The summed E-state index contributed by atoms with van der Waals surface area (Å²) in [5.41, 5.74) is 1.34. The molecule has 0 atom stereocenters. The lowest BCUT2D eigenvalue weighted by Crippen LogP contribution is -2.47. The number of thioether (sulfide) groups is 1. The maximum Gasteiger partial charge on any atom is 0.225 e. The minimum absolute atomic E-state index is 0.0375. The largest absolute Gasteiger partial charge is 0.484 e. The first kappa shape index (κ1) is 23.0. The van der Waals surface area contributed by atoms with E-state index in [1.807, 2.05) is 4.90 Å². The zero-order chi connectivity index (χ0) is 21.7. The number of ether oxygens (including phenoxy) is 1. The van der Waals surface area contributed by atoms with Crippen LogP contribution in [0.5, 0.6) is 5.75 Å². The number of amides is 1. The van der Waals surface area contributed by atoms with Crippen LogP contribution in [-0.4, -0.2) is 60.8 Å². The highest BCUT2D eigenvalue weighted by molar-refractivity contribution is 8.01. The summed E-state index contributed by atoms with van der Waals surface area (Å²) in [7, 11) is 0. The molecule has 0 unspecified atom stereocenters. The van der Waals surface area contributed by atoms with Crippen molar-refractivity contribution in [2.75, 3.05) is 39.0 Å². The number of hydrogen-bond acceptors (Lipinski definition) is 4. The average Bonchev–Trinajstić information content (AvgIpc) is 2.71. The third-order valence-electron chi connectivity index (χ3n) is 5.73. The zero-order valence-electron chi connectivity index (χ0n) is 17.5. The predicted octanol–water partition coefficient (Wildman–Crippen LogP) is 4.45. The standard InChI is InChI=1S/C22H29F3N2O2S/c1-15(14-30-2)13-26-7-3-16(4-8-26)22(28)27-9-5-18(6-10-27)29-21-19(24)11-17(23)12-20(21)25/h11-12,14,16,18H,3-10,13H2,1-2H3/b15-14+. The van der Waals surface area contributed by atoms with Crippen LogP contribution < -0.4 is 4.74 Å². The Balaban J connectivity index is 1.45. The van der Waals surface area contributed by atoms with Gasteiger partial charge in [0, 0.05) is 50.5 Å². The third-order valence-corrected chi connectivity index (χ3v) is 6.37. The Bertz CT molecular complexity index is 751. The molecular weight excluding hydrogens is 413 g/mol. The van der Waals surface area contributed by atoms with Crippen molar-refractivity contribution in [3.05, 3.63) is 40.6 Å². The van der Waals surface area contributed by atoms with Gasteiger partial charge in [-0.05, 0) is 44.5 Å². The van der Waals surface area contributed by atoms with Crippen molar-refractivity contribution >= 4 is 17.7 Å². The van der Waals surface area contributed by atoms with Crippen LogP contribution in [0.1, 0.15) is 32.6 Å². The van der Waals surface area contributed by atoms with Gasteiger partial charge in [0.25, 0.3) is 0 Å². The maximum absolute atomic E-state index is 13.8. The molecule has 0 saturated carbocycles. The fraction of sp³-hybridized carbons (Fsp3) is 0.591. The Labute approximate surface area is 180 Å². The molecule has 8 heteroatoms. The molecule has 30 heavy (non-hydrogen) atoms. The molecule has 0 spiro atoms. The molecule has 3 rings (SSSR count). The Morgan fingerprint density at radius 2 is 1.70 bits per heavy atom. The monoisotopic (exact) mass is 442 g/mol. The molecule has 2 aliphatic rings. The highest BCUT2D eigenvalue weighted by atomic mass is 32.2. The van der Waals surface area contributed by atoms with Gasteiger partial charge in [-0.15, -0.1) is 11.8 Å². The summed E-state index contributed by atoms with van der Waals surface area (Å²) in [6, 6.07) is 1.23. The van der Waals surface area contributed by atoms with Crippen LogP contribution in [-0.2, 0) is 4.79 Å². The van der Waals surface area contributed by atoms with Gasteiger partial charge < -0.3 is 9.64 Å². The lowest BCUT2D eigenvalue weighted by atomic mass is 9.94. The van der Waals surface area contributed by atoms with Crippen molar-refractivity contribution in [1.29, 1.82) is 0 Å². The lowest BCUT2D eigenvalue weighted by molar-refractivity contribution is -0.138. The van der Waals surface area contributed by atoms with E-state index in [2.05, 4.69) is 23.5 Å². The number of halogens is 3. The lowest BCUT2D eigenvalue weighted by Gasteiger charge is -2.37. The van der Waals surface area contributed by atoms with Crippen LogP contribution in [0.3, 0.4) is 0 Å². The van der Waals surface area contributed by atoms with Gasteiger partial charge in [-0.25, -0.2) is 13.2 Å². The number of benzene rings is 1. The SMILES string of the molecule is CS/C=C(\C)CN1CCC(C(=O)N2CCC(Oc3c(F)cc(F)cc3F)CC2)CC1. The highest BCUT2D eigenvalue weighted by Gasteiger charge is 2.32. The fourth-order valence-corrected chi connectivity index (χ4v) is 4.67. The van der Waals surface area contributed by atoms with E-state index in [1.165, 1.54) is 5.57 Å². The highest BCUT2D eigenvalue weighted by Crippen LogP contribution is 2.28. The molecule has 2 aliphatic heterocycles. The second-order valence-corrected chi connectivity index (χ2v) is 8.80. The molecule has 166 valence electrons. The minimum atomic E-state index is -1.04. The number of hydrogen-bond donors (Lipinski definition) is 0. The van der Waals surface area contributed by atoms with Gasteiger partial charge in [0.1, 0.15) is 11.9 Å². The van der Waals surface area contributed by atoms with E-state index in [1.54, 1.807) is 11.8 Å². The molecule has 2 fully saturated rings. The van der Waals surface area contributed by atoms with Gasteiger partial charge in [-0.2, -0.15) is 0 Å². The van der Waals surface area contributed by atoms with Crippen LogP contribution in [0.25, 0.3) is 0 Å². The molecule has 0 aromatic heterocycles. The third kappa shape index (κ3) is 5.94. The summed E-state index contributed by atoms with van der Waals surface area (Å²) in [6.07, 6.45) is 4.37. The van der Waals surface area contributed by atoms with Gasteiger partial charge in [0.2, 0.25) is 5.91 Å². The number of nitrogens with zero attached hydrogens (tertiary/aromatic N) is 2. The van der Waals surface area contributed by atoms with E-state index < -0.39 is 29.3 Å². The van der Waals surface area contributed by atoms with Crippen LogP contribution in [0.15, 0.2) is 23.1 Å². The van der Waals surface area contributed by atoms with E-state index in [-0.39, 0.29) is 11.8 Å². The van der Waals surface area contributed by atoms with Gasteiger partial charge in [-0.1, -0.05) is 5.57 Å². The zero-order valence-corrected chi connectivity index (χ0v) is 18.3. The summed E-state index contributed by atoms with van der Waals surface area (Å²) in [5.74, 6) is -3.39. The first-order valence-electron chi connectivity index (χ1n) is 10.4. The number of carbonyl (C=O) groups is 1. The Hall–Kier alpha value is -1.67. The van der Waals surface area contributed by atoms with Crippen molar-refractivity contribution < 1.29 is 22.7 Å². The number of rotatable bonds is 6. The second-order valence-electron chi connectivity index (χ2n) is 8.09. The summed E-state index contributed by atoms with van der Waals surface area (Å²) in [5, 5.41) is 2.16. The average molecular weight is 443 g/mol. The topological polar surface area (TPSA) is 32.8 Å². The molecule has 0 N–H and O–H groups in total. The molecule has 1 amide bonds. The smallest absolute Gasteiger partial charge is 0.225 e. The number of carbonyl (C=O) groups excluding carboxylic acids is 1. The van der Waals surface area contributed by atoms with Crippen molar-refractivity contribution in [1.82, 2.24) is 9.80 Å². The maximum atomic E-state index is 13.8. The molecule has 1 aromatic carbocycles. The van der Waals surface area contributed by atoms with Gasteiger partial charge >= 0.3 is 0 Å². The van der Waals surface area contributed by atoms with Crippen molar-refractivity contribution in [2.24, 2.45) is 5.92 Å². The van der Waals surface area contributed by atoms with Gasteiger partial charge in [-0.3, -0.25) is 9.69 Å². The summed E-state index contributed by atoms with van der Waals surface area (Å²) in [6.45, 7) is 5.91. The Morgan fingerprint density at radius 3 is 2.27 bits per heavy atom. The van der Waals surface area contributed by atoms with Crippen molar-refractivity contribution in [3.63, 3.8) is 0 Å². The summed E-state index contributed by atoms with van der Waals surface area (Å²) < 4.78 is 46.1. The fourth-order valence-electron chi connectivity index (χ4n) is 4.19. The van der Waals surface area contributed by atoms with E-state index in [0.717, 1.165) is 32.5 Å². The van der Waals surface area contributed by atoms with Crippen LogP contribution in [0.2, 0.25) is 0 Å². The Morgan fingerprint density at radius 1 is 1.10 bits per heavy atom. The van der Waals surface area contributed by atoms with E-state index in [0.29, 0.717) is 38.1 Å². The molecule has 0 aliphatic carbocycles. The summed E-state index contributed by atoms with van der Waals surface area (Å²) in [4.78, 5) is 17.1. The van der Waals surface area contributed by atoms with Gasteiger partial charge in [0.15, 0.2) is 17.4 Å². The van der Waals surface area contributed by atoms with E-state index >= 15 is 0 Å². The summed E-state index contributed by atoms with van der Waals surface area (Å²) >= 11 is 1.71. The van der Waals surface area contributed by atoms with Gasteiger partial charge in [0.05, 0.1) is 0 Å². The normalized spacial score (nSPS) is 19.9. The molecule has 1 aromatic rings. The first-order chi connectivity index (χ1) is 14.4. The molecule has 2 saturated heterocycles.